The molecule has 30 heavy (non-hydrogen) atoms. The predicted octanol–water partition coefficient (Wildman–Crippen LogP) is 5.19. The number of carbonyl (C=O) groups is 1. The molecule has 0 amide bonds. The van der Waals surface area contributed by atoms with Crippen LogP contribution in [0.15, 0.2) is 12.1 Å². The van der Waals surface area contributed by atoms with Crippen LogP contribution in [0.1, 0.15) is 107 Å². The fourth-order valence-corrected chi connectivity index (χ4v) is 3.72. The Morgan fingerprint density at radius 3 is 1.77 bits per heavy atom. The van der Waals surface area contributed by atoms with Gasteiger partial charge in [0.25, 0.3) is 0 Å². The van der Waals surface area contributed by atoms with Gasteiger partial charge in [0.2, 0.25) is 0 Å². The Labute approximate surface area is 180 Å². The van der Waals surface area contributed by atoms with Gasteiger partial charge in [0.05, 0.1) is 12.2 Å². The van der Waals surface area contributed by atoms with Gasteiger partial charge in [-0.25, -0.2) is 0 Å². The second kappa shape index (κ2) is 15.1. The Kier molecular flexibility index (Phi) is 13.2. The summed E-state index contributed by atoms with van der Waals surface area (Å²) in [5.41, 5.74) is -0.118. The second-order valence-corrected chi connectivity index (χ2v) is 8.33. The SMILES string of the molecule is CCCCC(O)CC(O)CCCCCCCCCCC(=O)c1c(O)cc(O)cc1O. The zero-order valence-electron chi connectivity index (χ0n) is 18.4. The summed E-state index contributed by atoms with van der Waals surface area (Å²) in [6.45, 7) is 2.10. The quantitative estimate of drug-likeness (QED) is 0.173. The van der Waals surface area contributed by atoms with Crippen molar-refractivity contribution in [3.8, 4) is 17.2 Å². The van der Waals surface area contributed by atoms with Crippen LogP contribution in [0.4, 0.5) is 0 Å². The molecule has 0 fully saturated rings. The summed E-state index contributed by atoms with van der Waals surface area (Å²) in [5, 5.41) is 48.5. The molecule has 0 heterocycles. The van der Waals surface area contributed by atoms with Crippen molar-refractivity contribution in [2.24, 2.45) is 0 Å². The van der Waals surface area contributed by atoms with Gasteiger partial charge in [-0.05, 0) is 25.7 Å². The summed E-state index contributed by atoms with van der Waals surface area (Å²) in [6, 6.07) is 2.11. The number of carbonyl (C=O) groups excluding carboxylic acids is 1. The lowest BCUT2D eigenvalue weighted by atomic mass is 10.00. The zero-order valence-corrected chi connectivity index (χ0v) is 18.4. The summed E-state index contributed by atoms with van der Waals surface area (Å²) < 4.78 is 0. The molecule has 2 atom stereocenters. The minimum absolute atomic E-state index is 0.118. The number of ketones is 1. The first-order valence-corrected chi connectivity index (χ1v) is 11.5. The van der Waals surface area contributed by atoms with E-state index in [1.54, 1.807) is 0 Å². The van der Waals surface area contributed by atoms with E-state index in [4.69, 9.17) is 0 Å². The maximum absolute atomic E-state index is 12.1. The highest BCUT2D eigenvalue weighted by Gasteiger charge is 2.17. The van der Waals surface area contributed by atoms with E-state index in [1.165, 1.54) is 0 Å². The number of hydrogen-bond acceptors (Lipinski definition) is 6. The van der Waals surface area contributed by atoms with E-state index in [-0.39, 0.29) is 29.6 Å². The largest absolute Gasteiger partial charge is 0.508 e. The third kappa shape index (κ3) is 10.8. The maximum atomic E-state index is 12.1. The van der Waals surface area contributed by atoms with Crippen molar-refractivity contribution in [3.05, 3.63) is 17.7 Å². The Morgan fingerprint density at radius 2 is 1.23 bits per heavy atom. The number of rotatable bonds is 17. The topological polar surface area (TPSA) is 118 Å². The minimum Gasteiger partial charge on any atom is -0.508 e. The number of aromatic hydroxyl groups is 3. The van der Waals surface area contributed by atoms with Crippen molar-refractivity contribution in [3.63, 3.8) is 0 Å². The monoisotopic (exact) mass is 424 g/mol. The molecular weight excluding hydrogens is 384 g/mol. The number of hydrogen-bond donors (Lipinski definition) is 5. The molecule has 172 valence electrons. The maximum Gasteiger partial charge on any atom is 0.170 e. The molecule has 0 aromatic heterocycles. The molecule has 0 saturated heterocycles. The van der Waals surface area contributed by atoms with Crippen molar-refractivity contribution < 1.29 is 30.3 Å². The Morgan fingerprint density at radius 1 is 0.767 bits per heavy atom. The van der Waals surface area contributed by atoms with Gasteiger partial charge >= 0.3 is 0 Å². The van der Waals surface area contributed by atoms with Crippen LogP contribution in [-0.2, 0) is 0 Å². The smallest absolute Gasteiger partial charge is 0.170 e. The molecule has 0 aliphatic heterocycles. The van der Waals surface area contributed by atoms with Gasteiger partial charge in [-0.2, -0.15) is 0 Å². The van der Waals surface area contributed by atoms with Crippen molar-refractivity contribution in [2.75, 3.05) is 0 Å². The number of aliphatic hydroxyl groups is 2. The lowest BCUT2D eigenvalue weighted by molar-refractivity contribution is 0.0683. The molecule has 0 radical (unpaired) electrons. The molecule has 1 aromatic carbocycles. The summed E-state index contributed by atoms with van der Waals surface area (Å²) in [5.74, 6) is -1.37. The van der Waals surface area contributed by atoms with Crippen LogP contribution in [0, 0.1) is 0 Å². The predicted molar refractivity (Wildman–Crippen MR) is 118 cm³/mol. The van der Waals surface area contributed by atoms with Gasteiger partial charge in [0, 0.05) is 18.6 Å². The van der Waals surface area contributed by atoms with E-state index in [0.717, 1.165) is 82.8 Å². The van der Waals surface area contributed by atoms with Gasteiger partial charge in [-0.15, -0.1) is 0 Å². The highest BCUT2D eigenvalue weighted by molar-refractivity contribution is 6.01. The van der Waals surface area contributed by atoms with Crippen molar-refractivity contribution in [1.82, 2.24) is 0 Å². The number of Topliss-reactive ketones (excluding diaryl/α,β-unsaturated/α-hetero) is 1. The summed E-state index contributed by atoms with van der Waals surface area (Å²) in [6.07, 6.45) is 11.6. The molecule has 0 saturated carbocycles. The van der Waals surface area contributed by atoms with Crippen molar-refractivity contribution in [1.29, 1.82) is 0 Å². The summed E-state index contributed by atoms with van der Waals surface area (Å²) in [4.78, 5) is 12.1. The van der Waals surface area contributed by atoms with E-state index >= 15 is 0 Å². The van der Waals surface area contributed by atoms with Gasteiger partial charge in [-0.1, -0.05) is 64.7 Å². The van der Waals surface area contributed by atoms with Crippen molar-refractivity contribution >= 4 is 5.78 Å². The van der Waals surface area contributed by atoms with Crippen LogP contribution in [0.5, 0.6) is 17.2 Å². The van der Waals surface area contributed by atoms with E-state index in [1.807, 2.05) is 0 Å². The molecule has 0 aliphatic rings. The fourth-order valence-electron chi connectivity index (χ4n) is 3.72. The number of phenols is 3. The van der Waals surface area contributed by atoms with Gasteiger partial charge in [0.1, 0.15) is 22.8 Å². The Hall–Kier alpha value is -1.79. The molecule has 0 bridgehead atoms. The van der Waals surface area contributed by atoms with Gasteiger partial charge < -0.3 is 25.5 Å². The average Bonchev–Trinajstić information content (AvgIpc) is 2.66. The van der Waals surface area contributed by atoms with Crippen LogP contribution in [0.25, 0.3) is 0 Å². The third-order valence-electron chi connectivity index (χ3n) is 5.49. The van der Waals surface area contributed by atoms with E-state index in [2.05, 4.69) is 6.92 Å². The first kappa shape index (κ1) is 26.2. The normalized spacial score (nSPS) is 13.3. The first-order chi connectivity index (χ1) is 14.3. The summed E-state index contributed by atoms with van der Waals surface area (Å²) in [7, 11) is 0. The van der Waals surface area contributed by atoms with Crippen LogP contribution in [0.2, 0.25) is 0 Å². The molecule has 2 unspecified atom stereocenters. The molecule has 5 N–H and O–H groups in total. The first-order valence-electron chi connectivity index (χ1n) is 11.5. The Bertz CT molecular complexity index is 593. The molecule has 6 nitrogen and oxygen atoms in total. The third-order valence-corrected chi connectivity index (χ3v) is 5.49. The van der Waals surface area contributed by atoms with E-state index in [0.29, 0.717) is 12.8 Å². The lowest BCUT2D eigenvalue weighted by Crippen LogP contribution is -2.17. The fraction of sp³-hybridized carbons (Fsp3) is 0.708. The average molecular weight is 425 g/mol. The van der Waals surface area contributed by atoms with Crippen LogP contribution < -0.4 is 0 Å². The van der Waals surface area contributed by atoms with E-state index < -0.39 is 17.6 Å². The van der Waals surface area contributed by atoms with Crippen molar-refractivity contribution in [2.45, 2.75) is 109 Å². The van der Waals surface area contributed by atoms with Crippen LogP contribution in [-0.4, -0.2) is 43.5 Å². The molecule has 0 spiro atoms. The number of phenolic OH excluding ortho intramolecular Hbond substituents is 3. The second-order valence-electron chi connectivity index (χ2n) is 8.33. The van der Waals surface area contributed by atoms with Crippen LogP contribution in [0.3, 0.4) is 0 Å². The Balaban J connectivity index is 2.02. The minimum atomic E-state index is -0.401. The van der Waals surface area contributed by atoms with Gasteiger partial charge in [0.15, 0.2) is 5.78 Å². The van der Waals surface area contributed by atoms with Crippen LogP contribution >= 0.6 is 0 Å². The number of unbranched alkanes of at least 4 members (excludes halogenated alkanes) is 8. The van der Waals surface area contributed by atoms with E-state index in [9.17, 15) is 30.3 Å². The standard InChI is InChI=1S/C24H40O6/c1-2-3-12-18(25)15-19(26)13-10-8-6-4-5-7-9-11-14-21(28)24-22(29)16-20(27)17-23(24)30/h16-19,25-27,29-30H,2-15H2,1H3. The highest BCUT2D eigenvalue weighted by atomic mass is 16.3. The molecule has 1 aromatic rings. The summed E-state index contributed by atoms with van der Waals surface area (Å²) >= 11 is 0. The zero-order chi connectivity index (χ0) is 22.4. The number of aliphatic hydroxyl groups excluding tert-OH is 2. The molecular formula is C24H40O6. The molecule has 0 aliphatic carbocycles. The highest BCUT2D eigenvalue weighted by Crippen LogP contribution is 2.33. The van der Waals surface area contributed by atoms with Gasteiger partial charge in [-0.3, -0.25) is 4.79 Å². The molecule has 6 heteroatoms. The number of benzene rings is 1. The lowest BCUT2D eigenvalue weighted by Gasteiger charge is -2.15. The molecule has 1 rings (SSSR count).